The first-order valence-corrected chi connectivity index (χ1v) is 9.86. The quantitative estimate of drug-likeness (QED) is 0.788. The topological polar surface area (TPSA) is 29.9 Å². The van der Waals surface area contributed by atoms with Gasteiger partial charge in [0, 0.05) is 34.8 Å². The molecule has 1 atom stereocenters. The van der Waals surface area contributed by atoms with Gasteiger partial charge in [0.05, 0.1) is 10.9 Å². The molecule has 1 aliphatic heterocycles. The fourth-order valence-corrected chi connectivity index (χ4v) is 5.22. The van der Waals surface area contributed by atoms with Crippen LogP contribution in [-0.4, -0.2) is 21.1 Å². The van der Waals surface area contributed by atoms with E-state index in [0.29, 0.717) is 5.92 Å². The van der Waals surface area contributed by atoms with Gasteiger partial charge in [-0.05, 0) is 56.9 Å². The van der Waals surface area contributed by atoms with E-state index in [9.17, 15) is 0 Å². The van der Waals surface area contributed by atoms with Gasteiger partial charge in [-0.3, -0.25) is 4.68 Å². The monoisotopic (exact) mass is 361 g/mol. The zero-order chi connectivity index (χ0) is 17.1. The third-order valence-corrected chi connectivity index (χ3v) is 6.72. The summed E-state index contributed by atoms with van der Waals surface area (Å²) in [5, 5.41) is 9.63. The van der Waals surface area contributed by atoms with Gasteiger partial charge in [0.2, 0.25) is 0 Å². The second-order valence-corrected chi connectivity index (χ2v) is 9.91. The predicted octanol–water partition coefficient (Wildman–Crippen LogP) is 5.29. The van der Waals surface area contributed by atoms with Crippen LogP contribution in [0.1, 0.15) is 60.2 Å². The molecule has 4 rings (SSSR count). The molecule has 1 saturated carbocycles. The van der Waals surface area contributed by atoms with Gasteiger partial charge in [0.1, 0.15) is 5.82 Å². The maximum absolute atomic E-state index is 6.35. The number of aromatic nitrogens is 2. The van der Waals surface area contributed by atoms with Gasteiger partial charge >= 0.3 is 0 Å². The summed E-state index contributed by atoms with van der Waals surface area (Å²) in [6, 6.07) is 6.26. The van der Waals surface area contributed by atoms with Crippen LogP contribution in [0.2, 0.25) is 5.02 Å². The van der Waals surface area contributed by atoms with Gasteiger partial charge < -0.3 is 5.32 Å². The molecule has 0 amide bonds. The van der Waals surface area contributed by atoms with Crippen LogP contribution < -0.4 is 5.32 Å². The minimum absolute atomic E-state index is 0.138. The van der Waals surface area contributed by atoms with Gasteiger partial charge in [-0.1, -0.05) is 17.7 Å². The lowest BCUT2D eigenvalue weighted by atomic mass is 9.98. The lowest BCUT2D eigenvalue weighted by Gasteiger charge is -2.27. The molecular weight excluding hydrogens is 338 g/mol. The van der Waals surface area contributed by atoms with Gasteiger partial charge in [-0.15, -0.1) is 11.8 Å². The SMILES string of the molecule is Cc1ccc(Cl)cc1C1SC(C)(C)CNc2c1c(C1CC1)nn2C. The van der Waals surface area contributed by atoms with E-state index in [1.54, 1.807) is 0 Å². The molecule has 0 spiro atoms. The Bertz CT molecular complexity index is 792. The molecule has 0 radical (unpaired) electrons. The van der Waals surface area contributed by atoms with Crippen LogP contribution in [0.25, 0.3) is 0 Å². The van der Waals surface area contributed by atoms with Crippen LogP contribution in [-0.2, 0) is 7.05 Å². The highest BCUT2D eigenvalue weighted by Gasteiger charge is 2.39. The number of halogens is 1. The fourth-order valence-electron chi connectivity index (χ4n) is 3.52. The molecule has 1 N–H and O–H groups in total. The van der Waals surface area contributed by atoms with Crippen molar-refractivity contribution in [2.75, 3.05) is 11.9 Å². The first-order chi connectivity index (χ1) is 11.4. The minimum atomic E-state index is 0.138. The molecule has 1 aromatic heterocycles. The number of benzene rings is 1. The molecule has 24 heavy (non-hydrogen) atoms. The third-order valence-electron chi connectivity index (χ3n) is 4.98. The van der Waals surface area contributed by atoms with Crippen LogP contribution in [0.5, 0.6) is 0 Å². The Balaban J connectivity index is 1.92. The Morgan fingerprint density at radius 3 is 2.79 bits per heavy atom. The molecule has 1 unspecified atom stereocenters. The number of nitrogens with one attached hydrogen (secondary N) is 1. The highest BCUT2D eigenvalue weighted by molar-refractivity contribution is 8.01. The number of hydrogen-bond donors (Lipinski definition) is 1. The number of rotatable bonds is 2. The van der Waals surface area contributed by atoms with Crippen LogP contribution in [0.3, 0.4) is 0 Å². The summed E-state index contributed by atoms with van der Waals surface area (Å²) in [7, 11) is 2.06. The predicted molar refractivity (Wildman–Crippen MR) is 103 cm³/mol. The van der Waals surface area contributed by atoms with E-state index in [0.717, 1.165) is 11.6 Å². The van der Waals surface area contributed by atoms with E-state index in [2.05, 4.69) is 45.3 Å². The van der Waals surface area contributed by atoms with E-state index in [1.807, 2.05) is 22.5 Å². The number of anilines is 1. The van der Waals surface area contributed by atoms with E-state index < -0.39 is 0 Å². The summed E-state index contributed by atoms with van der Waals surface area (Å²) in [5.74, 6) is 1.81. The highest BCUT2D eigenvalue weighted by atomic mass is 35.5. The molecule has 2 aromatic rings. The summed E-state index contributed by atoms with van der Waals surface area (Å²) in [5.41, 5.74) is 5.28. The number of nitrogens with zero attached hydrogens (tertiary/aromatic N) is 2. The zero-order valence-electron chi connectivity index (χ0n) is 14.7. The summed E-state index contributed by atoms with van der Waals surface area (Å²) in [4.78, 5) is 0. The molecule has 2 aliphatic rings. The molecule has 1 aliphatic carbocycles. The third kappa shape index (κ3) is 2.84. The van der Waals surface area contributed by atoms with Crippen LogP contribution in [0.15, 0.2) is 18.2 Å². The highest BCUT2D eigenvalue weighted by Crippen LogP contribution is 2.53. The van der Waals surface area contributed by atoms with Gasteiger partial charge in [-0.25, -0.2) is 0 Å². The smallest absolute Gasteiger partial charge is 0.128 e. The maximum Gasteiger partial charge on any atom is 0.128 e. The summed E-state index contributed by atoms with van der Waals surface area (Å²) >= 11 is 8.38. The average Bonchev–Trinajstić information content (AvgIpc) is 3.31. The summed E-state index contributed by atoms with van der Waals surface area (Å²) < 4.78 is 2.18. The Labute approximate surface area is 153 Å². The maximum atomic E-state index is 6.35. The number of thioether (sulfide) groups is 1. The van der Waals surface area contributed by atoms with Gasteiger partial charge in [0.15, 0.2) is 0 Å². The normalized spacial score (nSPS) is 22.6. The molecule has 5 heteroatoms. The number of aryl methyl sites for hydroxylation is 2. The van der Waals surface area contributed by atoms with E-state index in [1.165, 1.54) is 41.0 Å². The van der Waals surface area contributed by atoms with Crippen molar-refractivity contribution >= 4 is 29.2 Å². The van der Waals surface area contributed by atoms with E-state index >= 15 is 0 Å². The molecule has 128 valence electrons. The van der Waals surface area contributed by atoms with Crippen LogP contribution in [0, 0.1) is 6.92 Å². The van der Waals surface area contributed by atoms with E-state index in [4.69, 9.17) is 16.7 Å². The summed E-state index contributed by atoms with van der Waals surface area (Å²) in [6.45, 7) is 7.75. The number of hydrogen-bond acceptors (Lipinski definition) is 3. The Hall–Kier alpha value is -1.13. The first kappa shape index (κ1) is 16.3. The Kier molecular flexibility index (Phi) is 3.88. The molecular formula is C19H24ClN3S. The van der Waals surface area contributed by atoms with Crippen LogP contribution >= 0.6 is 23.4 Å². The van der Waals surface area contributed by atoms with Crippen LogP contribution in [0.4, 0.5) is 5.82 Å². The molecule has 0 bridgehead atoms. The van der Waals surface area contributed by atoms with Crippen molar-refractivity contribution in [3.05, 3.63) is 45.6 Å². The Morgan fingerprint density at radius 1 is 1.33 bits per heavy atom. The van der Waals surface area contributed by atoms with E-state index in [-0.39, 0.29) is 10.00 Å². The Morgan fingerprint density at radius 2 is 2.08 bits per heavy atom. The second kappa shape index (κ2) is 5.70. The van der Waals surface area contributed by atoms with Crippen molar-refractivity contribution < 1.29 is 0 Å². The fraction of sp³-hybridized carbons (Fsp3) is 0.526. The van der Waals surface area contributed by atoms with Crippen molar-refractivity contribution in [3.8, 4) is 0 Å². The van der Waals surface area contributed by atoms with Gasteiger partial charge in [-0.2, -0.15) is 5.10 Å². The lowest BCUT2D eigenvalue weighted by molar-refractivity contribution is 0.715. The molecule has 3 nitrogen and oxygen atoms in total. The number of fused-ring (bicyclic) bond motifs is 1. The standard InChI is InChI=1S/C19H24ClN3S/c1-11-5-8-13(20)9-14(11)17-15-16(12-6-7-12)22-23(4)18(15)21-10-19(2,3)24-17/h5,8-9,12,17,21H,6-7,10H2,1-4H3. The lowest BCUT2D eigenvalue weighted by Crippen LogP contribution is -2.26. The molecule has 2 heterocycles. The van der Waals surface area contributed by atoms with Crippen molar-refractivity contribution in [1.82, 2.24) is 9.78 Å². The second-order valence-electron chi connectivity index (χ2n) is 7.66. The molecule has 0 saturated heterocycles. The van der Waals surface area contributed by atoms with Crippen molar-refractivity contribution in [2.45, 2.75) is 49.5 Å². The van der Waals surface area contributed by atoms with Gasteiger partial charge in [0.25, 0.3) is 0 Å². The van der Waals surface area contributed by atoms with Crippen molar-refractivity contribution in [2.24, 2.45) is 7.05 Å². The zero-order valence-corrected chi connectivity index (χ0v) is 16.3. The average molecular weight is 362 g/mol. The first-order valence-electron chi connectivity index (χ1n) is 8.60. The largest absolute Gasteiger partial charge is 0.369 e. The minimum Gasteiger partial charge on any atom is -0.369 e. The molecule has 1 aromatic carbocycles. The van der Waals surface area contributed by atoms with Crippen molar-refractivity contribution in [1.29, 1.82) is 0 Å². The van der Waals surface area contributed by atoms with Crippen molar-refractivity contribution in [3.63, 3.8) is 0 Å². The summed E-state index contributed by atoms with van der Waals surface area (Å²) in [6.07, 6.45) is 2.53. The molecule has 1 fully saturated rings.